The van der Waals surface area contributed by atoms with Crippen molar-refractivity contribution in [1.29, 1.82) is 0 Å². The molecule has 4 aromatic rings. The Morgan fingerprint density at radius 1 is 0.862 bits per heavy atom. The summed E-state index contributed by atoms with van der Waals surface area (Å²) in [6, 6.07) is 24.4. The van der Waals surface area contributed by atoms with Crippen molar-refractivity contribution in [3.05, 3.63) is 101 Å². The number of aliphatic hydroxyl groups is 1. The molecule has 1 N–H and O–H groups in total. The number of anilines is 1. The van der Waals surface area contributed by atoms with Gasteiger partial charge in [0, 0.05) is 42.3 Å². The predicted octanol–water partition coefficient (Wildman–Crippen LogP) is 4.95. The minimum Gasteiger partial charge on any atom is -0.392 e. The maximum absolute atomic E-state index is 9.28. The first kappa shape index (κ1) is 19.3. The zero-order valence-corrected chi connectivity index (χ0v) is 16.9. The SMILES string of the molecule is OCc1ccc(CN(CCc2ccccn2)c2nc(-c3ccccc3)cs2)cc1. The van der Waals surface area contributed by atoms with Crippen molar-refractivity contribution in [3.8, 4) is 11.3 Å². The van der Waals surface area contributed by atoms with Crippen LogP contribution < -0.4 is 4.90 Å². The maximum Gasteiger partial charge on any atom is 0.186 e. The monoisotopic (exact) mass is 401 g/mol. The van der Waals surface area contributed by atoms with E-state index in [0.29, 0.717) is 0 Å². The third-order valence-corrected chi connectivity index (χ3v) is 5.68. The van der Waals surface area contributed by atoms with Crippen molar-refractivity contribution in [2.24, 2.45) is 0 Å². The Bertz CT molecular complexity index is 1020. The molecule has 0 aliphatic heterocycles. The Labute approximate surface area is 175 Å². The van der Waals surface area contributed by atoms with Crippen LogP contribution in [0.1, 0.15) is 16.8 Å². The topological polar surface area (TPSA) is 49.2 Å². The van der Waals surface area contributed by atoms with E-state index in [1.165, 1.54) is 5.56 Å². The smallest absolute Gasteiger partial charge is 0.186 e. The second-order valence-electron chi connectivity index (χ2n) is 6.85. The third-order valence-electron chi connectivity index (χ3n) is 4.78. The van der Waals surface area contributed by atoms with Gasteiger partial charge in [0.2, 0.25) is 0 Å². The summed E-state index contributed by atoms with van der Waals surface area (Å²) in [5.41, 5.74) is 5.33. The first-order valence-corrected chi connectivity index (χ1v) is 10.5. The van der Waals surface area contributed by atoms with E-state index in [1.807, 2.05) is 48.7 Å². The minimum atomic E-state index is 0.0661. The van der Waals surface area contributed by atoms with Gasteiger partial charge in [0.25, 0.3) is 0 Å². The van der Waals surface area contributed by atoms with E-state index < -0.39 is 0 Å². The summed E-state index contributed by atoms with van der Waals surface area (Å²) >= 11 is 1.67. The highest BCUT2D eigenvalue weighted by Crippen LogP contribution is 2.28. The Kier molecular flexibility index (Phi) is 6.29. The molecule has 0 atom stereocenters. The van der Waals surface area contributed by atoms with Gasteiger partial charge >= 0.3 is 0 Å². The van der Waals surface area contributed by atoms with Crippen LogP contribution in [0.3, 0.4) is 0 Å². The number of hydrogen-bond acceptors (Lipinski definition) is 5. The fourth-order valence-electron chi connectivity index (χ4n) is 3.16. The third kappa shape index (κ3) is 5.08. The maximum atomic E-state index is 9.28. The van der Waals surface area contributed by atoms with Gasteiger partial charge in [-0.3, -0.25) is 4.98 Å². The van der Waals surface area contributed by atoms with Crippen molar-refractivity contribution >= 4 is 16.5 Å². The number of aromatic nitrogens is 2. The molecule has 0 unspecified atom stereocenters. The van der Waals surface area contributed by atoms with Gasteiger partial charge in [0.1, 0.15) is 0 Å². The van der Waals surface area contributed by atoms with Gasteiger partial charge < -0.3 is 10.0 Å². The summed E-state index contributed by atoms with van der Waals surface area (Å²) in [6.45, 7) is 1.66. The van der Waals surface area contributed by atoms with Crippen LogP contribution in [-0.4, -0.2) is 21.6 Å². The standard InChI is InChI=1S/C24H23N3OS/c28-17-20-11-9-19(10-12-20)16-27(15-13-22-8-4-5-14-25-22)24-26-23(18-29-24)21-6-2-1-3-7-21/h1-12,14,18,28H,13,15-17H2. The van der Waals surface area contributed by atoms with Crippen molar-refractivity contribution in [1.82, 2.24) is 9.97 Å². The van der Waals surface area contributed by atoms with Crippen LogP contribution in [0.5, 0.6) is 0 Å². The van der Waals surface area contributed by atoms with E-state index >= 15 is 0 Å². The molecule has 0 saturated heterocycles. The predicted molar refractivity (Wildman–Crippen MR) is 119 cm³/mol. The van der Waals surface area contributed by atoms with E-state index in [9.17, 15) is 5.11 Å². The quantitative estimate of drug-likeness (QED) is 0.454. The highest BCUT2D eigenvalue weighted by Gasteiger charge is 2.13. The second-order valence-corrected chi connectivity index (χ2v) is 7.69. The zero-order chi connectivity index (χ0) is 19.9. The number of pyridine rings is 1. The van der Waals surface area contributed by atoms with Gasteiger partial charge in [-0.2, -0.15) is 0 Å². The molecule has 5 heteroatoms. The fraction of sp³-hybridized carbons (Fsp3) is 0.167. The highest BCUT2D eigenvalue weighted by atomic mass is 32.1. The van der Waals surface area contributed by atoms with Gasteiger partial charge in [-0.05, 0) is 23.3 Å². The molecule has 2 aromatic heterocycles. The number of hydrogen-bond donors (Lipinski definition) is 1. The van der Waals surface area contributed by atoms with Crippen molar-refractivity contribution in [3.63, 3.8) is 0 Å². The Morgan fingerprint density at radius 2 is 1.62 bits per heavy atom. The summed E-state index contributed by atoms with van der Waals surface area (Å²) in [5.74, 6) is 0. The molecular formula is C24H23N3OS. The Balaban J connectivity index is 1.56. The molecule has 0 aliphatic rings. The van der Waals surface area contributed by atoms with Gasteiger partial charge in [0.05, 0.1) is 12.3 Å². The number of nitrogens with zero attached hydrogens (tertiary/aromatic N) is 3. The lowest BCUT2D eigenvalue weighted by atomic mass is 10.1. The molecule has 2 heterocycles. The average Bonchev–Trinajstić information content (AvgIpc) is 3.28. The molecule has 0 radical (unpaired) electrons. The van der Waals surface area contributed by atoms with Crippen LogP contribution in [0.25, 0.3) is 11.3 Å². The van der Waals surface area contributed by atoms with E-state index in [2.05, 4.69) is 45.6 Å². The van der Waals surface area contributed by atoms with Crippen LogP contribution >= 0.6 is 11.3 Å². The van der Waals surface area contributed by atoms with E-state index in [4.69, 9.17) is 4.98 Å². The van der Waals surface area contributed by atoms with Crippen molar-refractivity contribution in [2.75, 3.05) is 11.4 Å². The van der Waals surface area contributed by atoms with E-state index in [0.717, 1.165) is 47.2 Å². The van der Waals surface area contributed by atoms with Crippen LogP contribution in [0, 0.1) is 0 Å². The Hall–Kier alpha value is -3.02. The van der Waals surface area contributed by atoms with Crippen molar-refractivity contribution < 1.29 is 5.11 Å². The molecule has 4 nitrogen and oxygen atoms in total. The second kappa shape index (κ2) is 9.45. The highest BCUT2D eigenvalue weighted by molar-refractivity contribution is 7.14. The summed E-state index contributed by atoms with van der Waals surface area (Å²) < 4.78 is 0. The number of benzene rings is 2. The van der Waals surface area contributed by atoms with E-state index in [1.54, 1.807) is 11.3 Å². The Morgan fingerprint density at radius 3 is 2.34 bits per heavy atom. The molecule has 0 aliphatic carbocycles. The molecule has 0 bridgehead atoms. The van der Waals surface area contributed by atoms with E-state index in [-0.39, 0.29) is 6.61 Å². The summed E-state index contributed by atoms with van der Waals surface area (Å²) in [5, 5.41) is 12.4. The normalized spacial score (nSPS) is 10.8. The lowest BCUT2D eigenvalue weighted by molar-refractivity contribution is 0.282. The van der Waals surface area contributed by atoms with Gasteiger partial charge in [0.15, 0.2) is 5.13 Å². The van der Waals surface area contributed by atoms with Gasteiger partial charge in [-0.1, -0.05) is 60.7 Å². The first-order chi connectivity index (χ1) is 14.3. The minimum absolute atomic E-state index is 0.0661. The zero-order valence-electron chi connectivity index (χ0n) is 16.1. The summed E-state index contributed by atoms with van der Waals surface area (Å²) in [7, 11) is 0. The summed E-state index contributed by atoms with van der Waals surface area (Å²) in [4.78, 5) is 11.7. The number of aliphatic hydroxyl groups excluding tert-OH is 1. The van der Waals surface area contributed by atoms with Crippen LogP contribution in [0.2, 0.25) is 0 Å². The first-order valence-electron chi connectivity index (χ1n) is 9.66. The molecule has 0 amide bonds. The van der Waals surface area contributed by atoms with Crippen molar-refractivity contribution in [2.45, 2.75) is 19.6 Å². The van der Waals surface area contributed by atoms with Crippen LogP contribution in [-0.2, 0) is 19.6 Å². The summed E-state index contributed by atoms with van der Waals surface area (Å²) in [6.07, 6.45) is 2.69. The fourth-order valence-corrected chi connectivity index (χ4v) is 4.02. The molecular weight excluding hydrogens is 378 g/mol. The van der Waals surface area contributed by atoms with Gasteiger partial charge in [-0.25, -0.2) is 4.98 Å². The molecule has 4 rings (SSSR count). The molecule has 0 spiro atoms. The van der Waals surface area contributed by atoms with Crippen LogP contribution in [0.4, 0.5) is 5.13 Å². The average molecular weight is 402 g/mol. The molecule has 0 saturated carbocycles. The molecule has 29 heavy (non-hydrogen) atoms. The largest absolute Gasteiger partial charge is 0.392 e. The number of thiazole rings is 1. The lowest BCUT2D eigenvalue weighted by Gasteiger charge is -2.22. The molecule has 0 fully saturated rings. The number of rotatable bonds is 8. The lowest BCUT2D eigenvalue weighted by Crippen LogP contribution is -2.25. The van der Waals surface area contributed by atoms with Crippen LogP contribution in [0.15, 0.2) is 84.4 Å². The molecule has 2 aromatic carbocycles. The molecule has 146 valence electrons. The van der Waals surface area contributed by atoms with Gasteiger partial charge in [-0.15, -0.1) is 11.3 Å².